The molecule has 4 rings (SSSR count). The van der Waals surface area contributed by atoms with Crippen LogP contribution in [0.1, 0.15) is 55.0 Å². The van der Waals surface area contributed by atoms with Gasteiger partial charge < -0.3 is 9.30 Å². The van der Waals surface area contributed by atoms with Gasteiger partial charge >= 0.3 is 0 Å². The van der Waals surface area contributed by atoms with E-state index in [1.165, 1.54) is 48.7 Å². The second-order valence-corrected chi connectivity index (χ2v) is 7.06. The zero-order chi connectivity index (χ0) is 17.2. The summed E-state index contributed by atoms with van der Waals surface area (Å²) in [5, 5.41) is 9.70. The van der Waals surface area contributed by atoms with Gasteiger partial charge in [-0.2, -0.15) is 5.10 Å². The van der Waals surface area contributed by atoms with E-state index in [4.69, 9.17) is 4.74 Å². The molecule has 25 heavy (non-hydrogen) atoms. The van der Waals surface area contributed by atoms with Crippen LogP contribution in [0.4, 0.5) is 0 Å². The topological polar surface area (TPSA) is 39.9 Å². The Morgan fingerprint density at radius 2 is 1.84 bits per heavy atom. The quantitative estimate of drug-likeness (QED) is 0.663. The Morgan fingerprint density at radius 3 is 2.60 bits per heavy atom. The first-order valence-electron chi connectivity index (χ1n) is 9.25. The molecule has 4 heteroatoms. The number of hydrogen-bond donors (Lipinski definition) is 0. The normalized spacial score (nSPS) is 15.6. The molecule has 1 fully saturated rings. The molecule has 2 aromatic heterocycles. The number of hydrogen-bond acceptors (Lipinski definition) is 3. The zero-order valence-electron chi connectivity index (χ0n) is 15.0. The van der Waals surface area contributed by atoms with Gasteiger partial charge in [0.25, 0.3) is 5.88 Å². The Balaban J connectivity index is 1.75. The molecule has 0 saturated heterocycles. The molecular weight excluding hydrogens is 310 g/mol. The van der Waals surface area contributed by atoms with Gasteiger partial charge in [-0.3, -0.25) is 0 Å². The van der Waals surface area contributed by atoms with Crippen LogP contribution in [0.2, 0.25) is 0 Å². The summed E-state index contributed by atoms with van der Waals surface area (Å²) in [5.41, 5.74) is 4.87. The Labute approximate surface area is 148 Å². The van der Waals surface area contributed by atoms with Crippen molar-refractivity contribution in [3.63, 3.8) is 0 Å². The van der Waals surface area contributed by atoms with Crippen LogP contribution in [0.3, 0.4) is 0 Å². The summed E-state index contributed by atoms with van der Waals surface area (Å²) in [6, 6.07) is 10.8. The molecule has 0 spiro atoms. The van der Waals surface area contributed by atoms with E-state index in [9.17, 15) is 0 Å². The summed E-state index contributed by atoms with van der Waals surface area (Å²) >= 11 is 0. The molecule has 1 saturated carbocycles. The number of rotatable bonds is 4. The molecule has 1 aromatic carbocycles. The molecule has 130 valence electrons. The minimum Gasteiger partial charge on any atom is -0.470 e. The van der Waals surface area contributed by atoms with E-state index in [0.717, 1.165) is 11.1 Å². The zero-order valence-corrected chi connectivity index (χ0v) is 15.0. The third-order valence-corrected chi connectivity index (χ3v) is 5.50. The van der Waals surface area contributed by atoms with Gasteiger partial charge in [0.15, 0.2) is 0 Å². The Morgan fingerprint density at radius 1 is 1.08 bits per heavy atom. The molecule has 2 heterocycles. The molecule has 1 aliphatic rings. The van der Waals surface area contributed by atoms with Crippen molar-refractivity contribution in [1.29, 1.82) is 0 Å². The van der Waals surface area contributed by atoms with Crippen LogP contribution >= 0.6 is 0 Å². The Kier molecular flexibility index (Phi) is 4.43. The molecule has 0 N–H and O–H groups in total. The molecule has 0 radical (unpaired) electrons. The number of benzene rings is 1. The van der Waals surface area contributed by atoms with Crippen LogP contribution in [-0.4, -0.2) is 14.8 Å². The van der Waals surface area contributed by atoms with E-state index in [1.807, 2.05) is 24.4 Å². The van der Waals surface area contributed by atoms with Gasteiger partial charge in [0.05, 0.1) is 6.20 Å². The number of aryl methyl sites for hydroxylation is 1. The second-order valence-electron chi connectivity index (χ2n) is 7.06. The summed E-state index contributed by atoms with van der Waals surface area (Å²) in [7, 11) is 0. The predicted molar refractivity (Wildman–Crippen MR) is 99.9 cm³/mol. The largest absolute Gasteiger partial charge is 0.470 e. The van der Waals surface area contributed by atoms with E-state index in [0.29, 0.717) is 18.5 Å². The van der Waals surface area contributed by atoms with Crippen LogP contribution in [0.15, 0.2) is 36.5 Å². The van der Waals surface area contributed by atoms with E-state index in [-0.39, 0.29) is 0 Å². The van der Waals surface area contributed by atoms with Crippen LogP contribution < -0.4 is 4.74 Å². The molecule has 0 aliphatic heterocycles. The molecule has 4 nitrogen and oxygen atoms in total. The first-order chi connectivity index (χ1) is 12.3. The Bertz CT molecular complexity index is 864. The first kappa shape index (κ1) is 16.1. The third kappa shape index (κ3) is 3.01. The lowest BCUT2D eigenvalue weighted by Crippen LogP contribution is -2.15. The number of aromatic nitrogens is 3. The fourth-order valence-electron chi connectivity index (χ4n) is 4.03. The lowest BCUT2D eigenvalue weighted by Gasteiger charge is -2.26. The molecular formula is C21H25N3O. The van der Waals surface area contributed by atoms with E-state index in [1.54, 1.807) is 0 Å². The van der Waals surface area contributed by atoms with Crippen LogP contribution in [-0.2, 0) is 6.61 Å². The van der Waals surface area contributed by atoms with Crippen LogP contribution in [0.5, 0.6) is 5.88 Å². The van der Waals surface area contributed by atoms with Crippen molar-refractivity contribution in [3.8, 4) is 5.88 Å². The average molecular weight is 335 g/mol. The SMILES string of the molecule is Cc1c(C)n(C2CCCCC2)c2c(OCc3ccccc3)nncc12. The van der Waals surface area contributed by atoms with Gasteiger partial charge in [0.2, 0.25) is 0 Å². The predicted octanol–water partition coefficient (Wildman–Crippen LogP) is 5.13. The van der Waals surface area contributed by atoms with Crippen molar-refractivity contribution in [3.05, 3.63) is 53.3 Å². The summed E-state index contributed by atoms with van der Waals surface area (Å²) in [6.45, 7) is 4.91. The van der Waals surface area contributed by atoms with E-state index < -0.39 is 0 Å². The summed E-state index contributed by atoms with van der Waals surface area (Å²) < 4.78 is 8.58. The lowest BCUT2D eigenvalue weighted by atomic mass is 9.95. The molecule has 0 atom stereocenters. The van der Waals surface area contributed by atoms with Crippen molar-refractivity contribution in [1.82, 2.24) is 14.8 Å². The fraction of sp³-hybridized carbons (Fsp3) is 0.429. The standard InChI is InChI=1S/C21H25N3O/c1-15-16(2)24(18-11-7-4-8-12-18)20-19(15)13-22-23-21(20)25-14-17-9-5-3-6-10-17/h3,5-6,9-10,13,18H,4,7-8,11-12,14H2,1-2H3. The molecule has 3 aromatic rings. The lowest BCUT2D eigenvalue weighted by molar-refractivity contribution is 0.290. The van der Waals surface area contributed by atoms with Crippen molar-refractivity contribution in [2.24, 2.45) is 0 Å². The highest BCUT2D eigenvalue weighted by Crippen LogP contribution is 2.38. The molecule has 0 bridgehead atoms. The van der Waals surface area contributed by atoms with Gasteiger partial charge in [-0.05, 0) is 37.8 Å². The third-order valence-electron chi connectivity index (χ3n) is 5.50. The van der Waals surface area contributed by atoms with Crippen LogP contribution in [0.25, 0.3) is 10.9 Å². The van der Waals surface area contributed by atoms with Gasteiger partial charge in [0, 0.05) is 17.1 Å². The number of ether oxygens (including phenoxy) is 1. The first-order valence-corrected chi connectivity index (χ1v) is 9.25. The maximum absolute atomic E-state index is 6.11. The van der Waals surface area contributed by atoms with Crippen molar-refractivity contribution in [2.45, 2.75) is 58.6 Å². The summed E-state index contributed by atoms with van der Waals surface area (Å²) in [5.74, 6) is 0.656. The monoisotopic (exact) mass is 335 g/mol. The van der Waals surface area contributed by atoms with Crippen LogP contribution in [0, 0.1) is 13.8 Å². The van der Waals surface area contributed by atoms with Gasteiger partial charge in [-0.25, -0.2) is 0 Å². The molecule has 0 unspecified atom stereocenters. The minimum atomic E-state index is 0.516. The fourth-order valence-corrected chi connectivity index (χ4v) is 4.03. The summed E-state index contributed by atoms with van der Waals surface area (Å²) in [6.07, 6.45) is 8.33. The van der Waals surface area contributed by atoms with E-state index in [2.05, 4.69) is 40.7 Å². The number of fused-ring (bicyclic) bond motifs is 1. The molecule has 1 aliphatic carbocycles. The van der Waals surface area contributed by atoms with E-state index >= 15 is 0 Å². The highest BCUT2D eigenvalue weighted by atomic mass is 16.5. The smallest absolute Gasteiger partial charge is 0.258 e. The Hall–Kier alpha value is -2.36. The average Bonchev–Trinajstić information content (AvgIpc) is 2.93. The highest BCUT2D eigenvalue weighted by Gasteiger charge is 2.24. The maximum Gasteiger partial charge on any atom is 0.258 e. The highest BCUT2D eigenvalue weighted by molar-refractivity contribution is 5.88. The van der Waals surface area contributed by atoms with Crippen molar-refractivity contribution < 1.29 is 4.74 Å². The number of nitrogens with zero attached hydrogens (tertiary/aromatic N) is 3. The van der Waals surface area contributed by atoms with Crippen molar-refractivity contribution >= 4 is 10.9 Å². The minimum absolute atomic E-state index is 0.516. The second kappa shape index (κ2) is 6.87. The maximum atomic E-state index is 6.11. The summed E-state index contributed by atoms with van der Waals surface area (Å²) in [4.78, 5) is 0. The van der Waals surface area contributed by atoms with Gasteiger partial charge in [0.1, 0.15) is 12.1 Å². The van der Waals surface area contributed by atoms with Gasteiger partial charge in [-0.1, -0.05) is 49.6 Å². The van der Waals surface area contributed by atoms with Gasteiger partial charge in [-0.15, -0.1) is 5.10 Å². The van der Waals surface area contributed by atoms with Crippen molar-refractivity contribution in [2.75, 3.05) is 0 Å². The molecule has 0 amide bonds.